The summed E-state index contributed by atoms with van der Waals surface area (Å²) >= 11 is 1.40. The maximum Gasteiger partial charge on any atom is 0.235 e. The lowest BCUT2D eigenvalue weighted by atomic mass is 10.3. The Morgan fingerprint density at radius 1 is 1.57 bits per heavy atom. The summed E-state index contributed by atoms with van der Waals surface area (Å²) in [7, 11) is -1.26. The van der Waals surface area contributed by atoms with Crippen LogP contribution in [0, 0.1) is 0 Å². The summed E-state index contributed by atoms with van der Waals surface area (Å²) in [6, 6.07) is -0.389. The van der Waals surface area contributed by atoms with Crippen molar-refractivity contribution in [2.45, 2.75) is 6.04 Å². The first-order valence-electron chi connectivity index (χ1n) is 4.09. The van der Waals surface area contributed by atoms with Gasteiger partial charge in [0.15, 0.2) is 0 Å². The van der Waals surface area contributed by atoms with Crippen molar-refractivity contribution in [1.29, 1.82) is 0 Å². The Morgan fingerprint density at radius 2 is 2.14 bits per heavy atom. The highest BCUT2D eigenvalue weighted by Gasteiger charge is 2.12. The molecule has 0 saturated heterocycles. The Bertz CT molecular complexity index is 277. The largest absolute Gasteiger partial charge is 0.368 e. The summed E-state index contributed by atoms with van der Waals surface area (Å²) < 4.78 is 21.5. The zero-order chi connectivity index (χ0) is 11.2. The Hall–Kier alpha value is -0.270. The van der Waals surface area contributed by atoms with Crippen LogP contribution in [0.5, 0.6) is 0 Å². The molecule has 0 fully saturated rings. The average molecular weight is 240 g/mol. The zero-order valence-corrected chi connectivity index (χ0v) is 9.95. The van der Waals surface area contributed by atoms with Crippen molar-refractivity contribution in [3.05, 3.63) is 0 Å². The molecule has 3 N–H and O–H groups in total. The van der Waals surface area contributed by atoms with Crippen molar-refractivity contribution in [1.82, 2.24) is 5.32 Å². The van der Waals surface area contributed by atoms with Crippen LogP contribution in [0.15, 0.2) is 0 Å². The number of likely N-dealkylation sites (N-methyl/N-ethyl adjacent to an activating group) is 1. The van der Waals surface area contributed by atoms with Gasteiger partial charge >= 0.3 is 0 Å². The monoisotopic (exact) mass is 240 g/mol. The number of carbonyl (C=O) groups excluding carboxylic acids is 1. The predicted octanol–water partition coefficient (Wildman–Crippen LogP) is -1.16. The van der Waals surface area contributed by atoms with Gasteiger partial charge in [0.25, 0.3) is 0 Å². The van der Waals surface area contributed by atoms with Crippen LogP contribution in [0.25, 0.3) is 0 Å². The van der Waals surface area contributed by atoms with E-state index in [1.165, 1.54) is 18.0 Å². The Kier molecular flexibility index (Phi) is 6.14. The highest BCUT2D eigenvalue weighted by atomic mass is 32.2. The molecule has 14 heavy (non-hydrogen) atoms. The fourth-order valence-electron chi connectivity index (χ4n) is 0.719. The summed E-state index contributed by atoms with van der Waals surface area (Å²) in [5.74, 6) is 0.706. The lowest BCUT2D eigenvalue weighted by molar-refractivity contribution is -0.119. The fraction of sp³-hybridized carbons (Fsp3) is 0.857. The SMILES string of the molecule is CNC(CSCCS(C)(=O)=O)C(N)=O. The molecule has 0 aliphatic heterocycles. The highest BCUT2D eigenvalue weighted by Crippen LogP contribution is 2.03. The van der Waals surface area contributed by atoms with Crippen molar-refractivity contribution >= 4 is 27.5 Å². The molecule has 0 heterocycles. The molecule has 1 unspecified atom stereocenters. The van der Waals surface area contributed by atoms with Crippen molar-refractivity contribution < 1.29 is 13.2 Å². The van der Waals surface area contributed by atoms with E-state index in [4.69, 9.17) is 5.73 Å². The normalized spacial score (nSPS) is 13.9. The zero-order valence-electron chi connectivity index (χ0n) is 8.32. The molecule has 0 saturated carbocycles. The van der Waals surface area contributed by atoms with E-state index in [0.717, 1.165) is 0 Å². The van der Waals surface area contributed by atoms with E-state index in [1.807, 2.05) is 0 Å². The van der Waals surface area contributed by atoms with Gasteiger partial charge in [0.1, 0.15) is 9.84 Å². The molecule has 7 heteroatoms. The van der Waals surface area contributed by atoms with Crippen LogP contribution in [0.1, 0.15) is 0 Å². The second-order valence-electron chi connectivity index (χ2n) is 2.95. The summed E-state index contributed by atoms with van der Waals surface area (Å²) in [5, 5.41) is 2.75. The highest BCUT2D eigenvalue weighted by molar-refractivity contribution is 8.00. The number of sulfone groups is 1. The van der Waals surface area contributed by atoms with Crippen LogP contribution in [0.4, 0.5) is 0 Å². The molecule has 0 aliphatic rings. The third-order valence-corrected chi connectivity index (χ3v) is 3.84. The van der Waals surface area contributed by atoms with Crippen LogP contribution < -0.4 is 11.1 Å². The molecular weight excluding hydrogens is 224 g/mol. The maximum absolute atomic E-state index is 10.8. The minimum Gasteiger partial charge on any atom is -0.368 e. The van der Waals surface area contributed by atoms with Gasteiger partial charge in [-0.3, -0.25) is 4.79 Å². The number of rotatable bonds is 7. The number of amides is 1. The number of nitrogens with one attached hydrogen (secondary N) is 1. The second-order valence-corrected chi connectivity index (χ2v) is 6.36. The van der Waals surface area contributed by atoms with Crippen LogP contribution in [0.3, 0.4) is 0 Å². The van der Waals surface area contributed by atoms with Gasteiger partial charge in [0.05, 0.1) is 11.8 Å². The van der Waals surface area contributed by atoms with E-state index >= 15 is 0 Å². The number of hydrogen-bond acceptors (Lipinski definition) is 5. The van der Waals surface area contributed by atoms with E-state index in [2.05, 4.69) is 5.32 Å². The van der Waals surface area contributed by atoms with E-state index in [-0.39, 0.29) is 11.8 Å². The number of hydrogen-bond donors (Lipinski definition) is 2. The van der Waals surface area contributed by atoms with Crippen LogP contribution in [0.2, 0.25) is 0 Å². The van der Waals surface area contributed by atoms with Gasteiger partial charge in [0, 0.05) is 17.8 Å². The van der Waals surface area contributed by atoms with Crippen LogP contribution in [-0.2, 0) is 14.6 Å². The van der Waals surface area contributed by atoms with Gasteiger partial charge in [0.2, 0.25) is 5.91 Å². The number of thioether (sulfide) groups is 1. The van der Waals surface area contributed by atoms with E-state index in [1.54, 1.807) is 7.05 Å². The molecule has 5 nitrogen and oxygen atoms in total. The number of carbonyl (C=O) groups is 1. The molecule has 0 aromatic heterocycles. The molecule has 0 rings (SSSR count). The third kappa shape index (κ3) is 7.16. The maximum atomic E-state index is 10.8. The smallest absolute Gasteiger partial charge is 0.235 e. The average Bonchev–Trinajstić information content (AvgIpc) is 2.01. The van der Waals surface area contributed by atoms with E-state index < -0.39 is 15.7 Å². The van der Waals surface area contributed by atoms with Gasteiger partial charge in [-0.05, 0) is 7.05 Å². The van der Waals surface area contributed by atoms with Crippen molar-refractivity contribution in [2.24, 2.45) is 5.73 Å². The molecule has 0 spiro atoms. The number of nitrogens with two attached hydrogens (primary N) is 1. The molecular formula is C7H16N2O3S2. The van der Waals surface area contributed by atoms with Crippen molar-refractivity contribution in [3.63, 3.8) is 0 Å². The quantitative estimate of drug-likeness (QED) is 0.548. The lowest BCUT2D eigenvalue weighted by Gasteiger charge is -2.10. The van der Waals surface area contributed by atoms with Gasteiger partial charge in [-0.2, -0.15) is 11.8 Å². The topological polar surface area (TPSA) is 89.3 Å². The second kappa shape index (κ2) is 6.26. The van der Waals surface area contributed by atoms with Crippen LogP contribution in [-0.4, -0.2) is 50.9 Å². The summed E-state index contributed by atoms with van der Waals surface area (Å²) in [4.78, 5) is 10.7. The van der Waals surface area contributed by atoms with Gasteiger partial charge in [-0.15, -0.1) is 0 Å². The van der Waals surface area contributed by atoms with Crippen molar-refractivity contribution in [2.75, 3.05) is 30.6 Å². The van der Waals surface area contributed by atoms with Crippen molar-refractivity contribution in [3.8, 4) is 0 Å². The standard InChI is InChI=1S/C7H16N2O3S2/c1-9-6(7(8)10)5-13-3-4-14(2,11)12/h6,9H,3-5H2,1-2H3,(H2,8,10). The lowest BCUT2D eigenvalue weighted by Crippen LogP contribution is -2.41. The molecule has 0 aromatic carbocycles. The molecule has 0 bridgehead atoms. The molecule has 1 amide bonds. The minimum absolute atomic E-state index is 0.132. The molecule has 0 radical (unpaired) electrons. The van der Waals surface area contributed by atoms with E-state index in [0.29, 0.717) is 11.5 Å². The number of primary amides is 1. The van der Waals surface area contributed by atoms with Gasteiger partial charge in [-0.1, -0.05) is 0 Å². The Morgan fingerprint density at radius 3 is 2.50 bits per heavy atom. The summed E-state index contributed by atoms with van der Waals surface area (Å²) in [6.45, 7) is 0. The predicted molar refractivity (Wildman–Crippen MR) is 59.1 cm³/mol. The minimum atomic E-state index is -2.91. The molecule has 0 aliphatic carbocycles. The summed E-state index contributed by atoms with van der Waals surface area (Å²) in [6.07, 6.45) is 1.19. The Labute approximate surface area is 88.7 Å². The first kappa shape index (κ1) is 13.7. The van der Waals surface area contributed by atoms with E-state index in [9.17, 15) is 13.2 Å². The first-order chi connectivity index (χ1) is 6.37. The first-order valence-corrected chi connectivity index (χ1v) is 7.30. The third-order valence-electron chi connectivity index (χ3n) is 1.57. The fourth-order valence-corrected chi connectivity index (χ4v) is 3.13. The summed E-state index contributed by atoms with van der Waals surface area (Å²) in [5.41, 5.74) is 5.08. The molecule has 1 atom stereocenters. The molecule has 84 valence electrons. The molecule has 0 aromatic rings. The van der Waals surface area contributed by atoms with Gasteiger partial charge < -0.3 is 11.1 Å². The van der Waals surface area contributed by atoms with Gasteiger partial charge in [-0.25, -0.2) is 8.42 Å². The van der Waals surface area contributed by atoms with Crippen LogP contribution >= 0.6 is 11.8 Å². The Balaban J connectivity index is 3.68.